The summed E-state index contributed by atoms with van der Waals surface area (Å²) < 4.78 is 0.626. The Morgan fingerprint density at radius 1 is 1.42 bits per heavy atom. The number of benzene rings is 1. The highest BCUT2D eigenvalue weighted by Crippen LogP contribution is 2.32. The normalized spacial score (nSPS) is 23.1. The fourth-order valence-electron chi connectivity index (χ4n) is 2.61. The van der Waals surface area contributed by atoms with Crippen molar-refractivity contribution in [3.63, 3.8) is 0 Å². The van der Waals surface area contributed by atoms with Gasteiger partial charge in [0.05, 0.1) is 11.3 Å². The van der Waals surface area contributed by atoms with Crippen LogP contribution in [0.25, 0.3) is 0 Å². The summed E-state index contributed by atoms with van der Waals surface area (Å²) in [4.78, 5) is 11.4. The van der Waals surface area contributed by atoms with E-state index in [1.165, 1.54) is 19.3 Å². The molecule has 0 amide bonds. The lowest BCUT2D eigenvalue weighted by molar-refractivity contribution is 0.0697. The first kappa shape index (κ1) is 14.7. The van der Waals surface area contributed by atoms with E-state index in [0.717, 1.165) is 6.42 Å². The van der Waals surface area contributed by atoms with Crippen molar-refractivity contribution in [2.75, 3.05) is 11.6 Å². The van der Waals surface area contributed by atoms with Crippen LogP contribution in [-0.4, -0.2) is 28.6 Å². The molecular formula is C14H18BrNO2S. The number of halogens is 1. The van der Waals surface area contributed by atoms with Gasteiger partial charge in [-0.1, -0.05) is 18.9 Å². The van der Waals surface area contributed by atoms with Crippen molar-refractivity contribution in [3.8, 4) is 0 Å². The minimum Gasteiger partial charge on any atom is -0.478 e. The van der Waals surface area contributed by atoms with Gasteiger partial charge in [-0.15, -0.1) is 0 Å². The molecule has 0 radical (unpaired) electrons. The summed E-state index contributed by atoms with van der Waals surface area (Å²) in [5.41, 5.74) is 1.04. The van der Waals surface area contributed by atoms with Crippen LogP contribution < -0.4 is 5.32 Å². The molecule has 0 spiro atoms. The van der Waals surface area contributed by atoms with Gasteiger partial charge in [-0.05, 0) is 47.2 Å². The summed E-state index contributed by atoms with van der Waals surface area (Å²) in [5, 5.41) is 13.3. The zero-order chi connectivity index (χ0) is 13.8. The average Bonchev–Trinajstić information content (AvgIpc) is 2.39. The number of carbonyl (C=O) groups is 1. The van der Waals surface area contributed by atoms with Crippen molar-refractivity contribution in [2.45, 2.75) is 37.0 Å². The van der Waals surface area contributed by atoms with Crippen LogP contribution in [0.2, 0.25) is 0 Å². The first-order valence-electron chi connectivity index (χ1n) is 6.44. The third-order valence-electron chi connectivity index (χ3n) is 3.57. The molecule has 0 bridgehead atoms. The fourth-order valence-corrected chi connectivity index (χ4v) is 4.08. The topological polar surface area (TPSA) is 49.3 Å². The Bertz CT molecular complexity index is 467. The van der Waals surface area contributed by atoms with Gasteiger partial charge in [0.25, 0.3) is 0 Å². The molecule has 1 aromatic rings. The number of hydrogen-bond donors (Lipinski definition) is 2. The van der Waals surface area contributed by atoms with Crippen LogP contribution in [-0.2, 0) is 0 Å². The quantitative estimate of drug-likeness (QED) is 0.858. The molecule has 1 aliphatic carbocycles. The molecule has 0 saturated heterocycles. The second-order valence-corrected chi connectivity index (χ2v) is 6.71. The van der Waals surface area contributed by atoms with Gasteiger partial charge in [0, 0.05) is 15.8 Å². The Morgan fingerprint density at radius 2 is 2.16 bits per heavy atom. The van der Waals surface area contributed by atoms with Crippen LogP contribution in [0.1, 0.15) is 36.0 Å². The maximum Gasteiger partial charge on any atom is 0.338 e. The summed E-state index contributed by atoms with van der Waals surface area (Å²) in [5.74, 6) is -0.897. The summed E-state index contributed by atoms with van der Waals surface area (Å²) >= 11 is 5.19. The van der Waals surface area contributed by atoms with Gasteiger partial charge >= 0.3 is 5.97 Å². The Morgan fingerprint density at radius 3 is 2.84 bits per heavy atom. The third-order valence-corrected chi connectivity index (χ3v) is 5.40. The van der Waals surface area contributed by atoms with E-state index in [0.29, 0.717) is 27.0 Å². The number of carboxylic acid groups (broad SMARTS) is 1. The highest BCUT2D eigenvalue weighted by molar-refractivity contribution is 9.10. The predicted octanol–water partition coefficient (Wildman–Crippen LogP) is 4.23. The largest absolute Gasteiger partial charge is 0.478 e. The Labute approximate surface area is 126 Å². The molecule has 2 unspecified atom stereocenters. The van der Waals surface area contributed by atoms with Crippen LogP contribution in [0.15, 0.2) is 22.7 Å². The summed E-state index contributed by atoms with van der Waals surface area (Å²) in [6.45, 7) is 0. The number of carboxylic acids is 1. The zero-order valence-corrected chi connectivity index (χ0v) is 13.3. The van der Waals surface area contributed by atoms with Crippen molar-refractivity contribution < 1.29 is 9.90 Å². The first-order chi connectivity index (χ1) is 9.13. The number of anilines is 1. The molecule has 2 atom stereocenters. The maximum atomic E-state index is 11.4. The van der Waals surface area contributed by atoms with Crippen LogP contribution in [0.3, 0.4) is 0 Å². The van der Waals surface area contributed by atoms with Crippen molar-refractivity contribution >= 4 is 39.3 Å². The van der Waals surface area contributed by atoms with Crippen LogP contribution in [0.5, 0.6) is 0 Å². The van der Waals surface area contributed by atoms with Crippen molar-refractivity contribution in [1.29, 1.82) is 0 Å². The van der Waals surface area contributed by atoms with E-state index in [1.54, 1.807) is 6.07 Å². The molecular weight excluding hydrogens is 326 g/mol. The van der Waals surface area contributed by atoms with Gasteiger partial charge in [-0.25, -0.2) is 4.79 Å². The Balaban J connectivity index is 2.22. The molecule has 1 fully saturated rings. The molecule has 1 aliphatic rings. The maximum absolute atomic E-state index is 11.4. The van der Waals surface area contributed by atoms with E-state index in [2.05, 4.69) is 27.5 Å². The van der Waals surface area contributed by atoms with E-state index >= 15 is 0 Å². The van der Waals surface area contributed by atoms with Gasteiger partial charge in [0.15, 0.2) is 0 Å². The van der Waals surface area contributed by atoms with E-state index in [4.69, 9.17) is 0 Å². The van der Waals surface area contributed by atoms with Crippen LogP contribution >= 0.6 is 27.7 Å². The van der Waals surface area contributed by atoms with Crippen LogP contribution in [0, 0.1) is 0 Å². The van der Waals surface area contributed by atoms with Gasteiger partial charge in [-0.3, -0.25) is 0 Å². The standard InChI is InChI=1S/C14H18BrNO2S/c1-19-12-8-3-2-6-10(12)16-11-7-4-5-9(15)13(11)14(17)18/h4-5,7,10,12,16H,2-3,6,8H2,1H3,(H,17,18). The lowest BCUT2D eigenvalue weighted by atomic mass is 9.94. The van der Waals surface area contributed by atoms with E-state index in [1.807, 2.05) is 23.9 Å². The Kier molecular flexibility index (Phi) is 5.16. The van der Waals surface area contributed by atoms with Gasteiger partial charge in [0.1, 0.15) is 0 Å². The minimum absolute atomic E-state index is 0.327. The highest BCUT2D eigenvalue weighted by Gasteiger charge is 2.25. The molecule has 0 aliphatic heterocycles. The molecule has 3 nitrogen and oxygen atoms in total. The number of aromatic carboxylic acids is 1. The number of hydrogen-bond acceptors (Lipinski definition) is 3. The Hall–Kier alpha value is -0.680. The van der Waals surface area contributed by atoms with Crippen molar-refractivity contribution in [2.24, 2.45) is 0 Å². The highest BCUT2D eigenvalue weighted by atomic mass is 79.9. The predicted molar refractivity (Wildman–Crippen MR) is 84.3 cm³/mol. The summed E-state index contributed by atoms with van der Waals surface area (Å²) in [6.07, 6.45) is 6.93. The first-order valence-corrected chi connectivity index (χ1v) is 8.52. The average molecular weight is 344 g/mol. The second kappa shape index (κ2) is 6.66. The van der Waals surface area contributed by atoms with Gasteiger partial charge < -0.3 is 10.4 Å². The van der Waals surface area contributed by atoms with E-state index in [-0.39, 0.29) is 0 Å². The lowest BCUT2D eigenvalue weighted by Crippen LogP contribution is -2.34. The SMILES string of the molecule is CSC1CCCCC1Nc1cccc(Br)c1C(=O)O. The smallest absolute Gasteiger partial charge is 0.338 e. The molecule has 0 heterocycles. The number of rotatable bonds is 4. The van der Waals surface area contributed by atoms with E-state index in [9.17, 15) is 9.90 Å². The zero-order valence-electron chi connectivity index (χ0n) is 10.9. The lowest BCUT2D eigenvalue weighted by Gasteiger charge is -2.32. The van der Waals surface area contributed by atoms with Gasteiger partial charge in [0.2, 0.25) is 0 Å². The summed E-state index contributed by atoms with van der Waals surface area (Å²) in [6, 6.07) is 5.84. The molecule has 2 rings (SSSR count). The summed E-state index contributed by atoms with van der Waals surface area (Å²) in [7, 11) is 0. The molecule has 19 heavy (non-hydrogen) atoms. The number of nitrogens with one attached hydrogen (secondary N) is 1. The molecule has 5 heteroatoms. The molecule has 104 valence electrons. The molecule has 2 N–H and O–H groups in total. The molecule has 0 aromatic heterocycles. The van der Waals surface area contributed by atoms with Gasteiger partial charge in [-0.2, -0.15) is 11.8 Å². The van der Waals surface area contributed by atoms with Crippen LogP contribution in [0.4, 0.5) is 5.69 Å². The van der Waals surface area contributed by atoms with E-state index < -0.39 is 5.97 Å². The van der Waals surface area contributed by atoms with Crippen molar-refractivity contribution in [3.05, 3.63) is 28.2 Å². The third kappa shape index (κ3) is 3.45. The molecule has 1 saturated carbocycles. The molecule has 1 aromatic carbocycles. The second-order valence-electron chi connectivity index (χ2n) is 4.78. The number of thioether (sulfide) groups is 1. The monoisotopic (exact) mass is 343 g/mol. The van der Waals surface area contributed by atoms with Crippen molar-refractivity contribution in [1.82, 2.24) is 0 Å². The fraction of sp³-hybridized carbons (Fsp3) is 0.500. The minimum atomic E-state index is -0.897.